The molecule has 0 spiro atoms. The molecular formula is C16H15N5O3. The average molecular weight is 325 g/mol. The maximum Gasteiger partial charge on any atom is 0.409 e. The molecule has 0 saturated heterocycles. The molecule has 122 valence electrons. The van der Waals surface area contributed by atoms with Gasteiger partial charge in [-0.3, -0.25) is 9.48 Å². The van der Waals surface area contributed by atoms with Gasteiger partial charge < -0.3 is 10.5 Å². The topological polar surface area (TPSA) is 105 Å². The third-order valence-corrected chi connectivity index (χ3v) is 3.32. The zero-order valence-electron chi connectivity index (χ0n) is 12.9. The van der Waals surface area contributed by atoms with Gasteiger partial charge in [-0.25, -0.2) is 9.48 Å². The van der Waals surface area contributed by atoms with E-state index in [4.69, 9.17) is 10.5 Å². The Bertz CT molecular complexity index is 945. The van der Waals surface area contributed by atoms with E-state index in [0.717, 1.165) is 11.3 Å². The SMILES string of the molecule is Cn1cc(-n2ccc(=O)c(Cc3cccc(OC(N)=O)c3)n2)cn1. The molecular weight excluding hydrogens is 310 g/mol. The summed E-state index contributed by atoms with van der Waals surface area (Å²) in [5.74, 6) is 0.323. The number of aromatic nitrogens is 4. The molecule has 0 saturated carbocycles. The van der Waals surface area contributed by atoms with Gasteiger partial charge in [0.05, 0.1) is 12.4 Å². The van der Waals surface area contributed by atoms with Crippen LogP contribution in [-0.2, 0) is 13.5 Å². The molecule has 1 amide bonds. The number of aryl methyl sites for hydroxylation is 1. The number of carbonyl (C=O) groups is 1. The normalized spacial score (nSPS) is 10.5. The number of primary amides is 1. The molecule has 8 nitrogen and oxygen atoms in total. The summed E-state index contributed by atoms with van der Waals surface area (Å²) >= 11 is 0. The third kappa shape index (κ3) is 3.49. The number of carbonyl (C=O) groups excluding carboxylic acids is 1. The van der Waals surface area contributed by atoms with Gasteiger partial charge in [0.25, 0.3) is 0 Å². The smallest absolute Gasteiger partial charge is 0.409 e. The molecule has 0 unspecified atom stereocenters. The number of hydrogen-bond donors (Lipinski definition) is 1. The van der Waals surface area contributed by atoms with Crippen molar-refractivity contribution in [2.45, 2.75) is 6.42 Å². The molecule has 2 heterocycles. The first-order valence-electron chi connectivity index (χ1n) is 7.15. The number of hydrogen-bond acceptors (Lipinski definition) is 5. The van der Waals surface area contributed by atoms with Gasteiger partial charge >= 0.3 is 6.09 Å². The summed E-state index contributed by atoms with van der Waals surface area (Å²) in [7, 11) is 1.80. The molecule has 0 aliphatic heterocycles. The van der Waals surface area contributed by atoms with Crippen molar-refractivity contribution in [3.63, 3.8) is 0 Å². The lowest BCUT2D eigenvalue weighted by Gasteiger charge is -2.06. The third-order valence-electron chi connectivity index (χ3n) is 3.32. The predicted octanol–water partition coefficient (Wildman–Crippen LogP) is 1.01. The quantitative estimate of drug-likeness (QED) is 0.771. The Hall–Kier alpha value is -3.42. The molecule has 0 aliphatic carbocycles. The first-order chi connectivity index (χ1) is 11.5. The number of benzene rings is 1. The zero-order chi connectivity index (χ0) is 17.1. The van der Waals surface area contributed by atoms with E-state index in [1.165, 1.54) is 6.07 Å². The van der Waals surface area contributed by atoms with Crippen molar-refractivity contribution in [3.8, 4) is 11.4 Å². The summed E-state index contributed by atoms with van der Waals surface area (Å²) in [6, 6.07) is 8.25. The highest BCUT2D eigenvalue weighted by Gasteiger charge is 2.08. The van der Waals surface area contributed by atoms with Crippen LogP contribution < -0.4 is 15.9 Å². The van der Waals surface area contributed by atoms with Crippen LogP contribution in [0.4, 0.5) is 4.79 Å². The van der Waals surface area contributed by atoms with Crippen molar-refractivity contribution in [1.82, 2.24) is 19.6 Å². The lowest BCUT2D eigenvalue weighted by molar-refractivity contribution is 0.211. The first-order valence-corrected chi connectivity index (χ1v) is 7.15. The van der Waals surface area contributed by atoms with Crippen molar-refractivity contribution >= 4 is 6.09 Å². The summed E-state index contributed by atoms with van der Waals surface area (Å²) < 4.78 is 8.09. The first kappa shape index (κ1) is 15.5. The highest BCUT2D eigenvalue weighted by Crippen LogP contribution is 2.15. The van der Waals surface area contributed by atoms with E-state index in [0.29, 0.717) is 17.9 Å². The van der Waals surface area contributed by atoms with Crippen molar-refractivity contribution in [1.29, 1.82) is 0 Å². The van der Waals surface area contributed by atoms with Crippen LogP contribution in [0.5, 0.6) is 5.75 Å². The maximum absolute atomic E-state index is 12.1. The average Bonchev–Trinajstić information content (AvgIpc) is 2.96. The van der Waals surface area contributed by atoms with Crippen LogP contribution in [0.2, 0.25) is 0 Å². The van der Waals surface area contributed by atoms with Crippen LogP contribution in [0.25, 0.3) is 5.69 Å². The Labute approximate surface area is 137 Å². The van der Waals surface area contributed by atoms with Gasteiger partial charge in [0.1, 0.15) is 17.1 Å². The molecule has 0 bridgehead atoms. The van der Waals surface area contributed by atoms with Gasteiger partial charge in [0.2, 0.25) is 5.43 Å². The van der Waals surface area contributed by atoms with Gasteiger partial charge in [0, 0.05) is 25.7 Å². The predicted molar refractivity (Wildman–Crippen MR) is 86.1 cm³/mol. The molecule has 8 heteroatoms. The summed E-state index contributed by atoms with van der Waals surface area (Å²) in [6.45, 7) is 0. The van der Waals surface area contributed by atoms with Gasteiger partial charge in [-0.05, 0) is 17.7 Å². The van der Waals surface area contributed by atoms with Gasteiger partial charge in [-0.1, -0.05) is 12.1 Å². The summed E-state index contributed by atoms with van der Waals surface area (Å²) in [6.07, 6.45) is 4.46. The zero-order valence-corrected chi connectivity index (χ0v) is 12.9. The molecule has 2 N–H and O–H groups in total. The lowest BCUT2D eigenvalue weighted by Crippen LogP contribution is -2.17. The van der Waals surface area contributed by atoms with E-state index in [1.807, 2.05) is 6.07 Å². The molecule has 2 aromatic heterocycles. The second-order valence-electron chi connectivity index (χ2n) is 5.19. The Morgan fingerprint density at radius 2 is 2.17 bits per heavy atom. The van der Waals surface area contributed by atoms with E-state index < -0.39 is 6.09 Å². The minimum atomic E-state index is -0.885. The molecule has 0 aliphatic rings. The Morgan fingerprint density at radius 1 is 1.33 bits per heavy atom. The maximum atomic E-state index is 12.1. The number of rotatable bonds is 4. The number of nitrogens with two attached hydrogens (primary N) is 1. The van der Waals surface area contributed by atoms with Gasteiger partial charge in [-0.15, -0.1) is 0 Å². The van der Waals surface area contributed by atoms with Crippen LogP contribution >= 0.6 is 0 Å². The van der Waals surface area contributed by atoms with Crippen molar-refractivity contribution < 1.29 is 9.53 Å². The highest BCUT2D eigenvalue weighted by molar-refractivity contribution is 5.68. The van der Waals surface area contributed by atoms with Crippen LogP contribution in [-0.4, -0.2) is 25.7 Å². The molecule has 0 radical (unpaired) electrons. The Balaban J connectivity index is 1.90. The fourth-order valence-corrected chi connectivity index (χ4v) is 2.27. The van der Waals surface area contributed by atoms with E-state index >= 15 is 0 Å². The second-order valence-corrected chi connectivity index (χ2v) is 5.19. The Kier molecular flexibility index (Phi) is 4.11. The van der Waals surface area contributed by atoms with Crippen molar-refractivity contribution in [3.05, 3.63) is 70.4 Å². The van der Waals surface area contributed by atoms with Crippen LogP contribution in [0, 0.1) is 0 Å². The highest BCUT2D eigenvalue weighted by atomic mass is 16.5. The van der Waals surface area contributed by atoms with Crippen LogP contribution in [0.15, 0.2) is 53.7 Å². The van der Waals surface area contributed by atoms with E-state index in [1.54, 1.807) is 53.2 Å². The summed E-state index contributed by atoms with van der Waals surface area (Å²) in [5, 5.41) is 8.45. The summed E-state index contributed by atoms with van der Waals surface area (Å²) in [5.41, 5.74) is 6.74. The van der Waals surface area contributed by atoms with Crippen LogP contribution in [0.3, 0.4) is 0 Å². The minimum Gasteiger partial charge on any atom is -0.410 e. The number of nitrogens with zero attached hydrogens (tertiary/aromatic N) is 4. The second kappa shape index (κ2) is 6.37. The molecule has 3 aromatic rings. The Morgan fingerprint density at radius 3 is 2.88 bits per heavy atom. The van der Waals surface area contributed by atoms with Crippen molar-refractivity contribution in [2.75, 3.05) is 0 Å². The van der Waals surface area contributed by atoms with E-state index in [9.17, 15) is 9.59 Å². The molecule has 24 heavy (non-hydrogen) atoms. The van der Waals surface area contributed by atoms with Crippen LogP contribution in [0.1, 0.15) is 11.3 Å². The van der Waals surface area contributed by atoms with Gasteiger partial charge in [0.15, 0.2) is 0 Å². The molecule has 3 rings (SSSR count). The fraction of sp³-hybridized carbons (Fsp3) is 0.125. The number of ether oxygens (including phenoxy) is 1. The standard InChI is InChI=1S/C16H15N5O3/c1-20-10-12(9-18-20)21-6-5-15(22)14(19-21)8-11-3-2-4-13(7-11)24-16(17)23/h2-7,9-10H,8H2,1H3,(H2,17,23). The van der Waals surface area contributed by atoms with E-state index in [2.05, 4.69) is 10.2 Å². The monoisotopic (exact) mass is 325 g/mol. The fourth-order valence-electron chi connectivity index (χ4n) is 2.27. The van der Waals surface area contributed by atoms with Crippen molar-refractivity contribution in [2.24, 2.45) is 12.8 Å². The molecule has 0 atom stereocenters. The van der Waals surface area contributed by atoms with Gasteiger partial charge in [-0.2, -0.15) is 10.2 Å². The lowest BCUT2D eigenvalue weighted by atomic mass is 10.1. The molecule has 0 fully saturated rings. The number of amides is 1. The molecule has 1 aromatic carbocycles. The largest absolute Gasteiger partial charge is 0.410 e. The van der Waals surface area contributed by atoms with E-state index in [-0.39, 0.29) is 5.43 Å². The minimum absolute atomic E-state index is 0.170. The summed E-state index contributed by atoms with van der Waals surface area (Å²) in [4.78, 5) is 22.9.